The number of aromatic nitrogens is 3. The number of rotatable bonds is 5. The van der Waals surface area contributed by atoms with E-state index in [0.29, 0.717) is 33.5 Å². The first-order valence-corrected chi connectivity index (χ1v) is 10.8. The standard InChI is InChI=1S/C21H16Cl2N4O4S/c1-30-15-4-3-10(8-16(15)31-2)9-17-26-27-19(24)12(20(29)25-21(27)32-17)5-11-6-13(22)18(28)14(23)7-11/h3-8H,9,24H2,1-2H3. The average Bonchev–Trinajstić information content (AvgIpc) is 3.17. The van der Waals surface area contributed by atoms with Crippen LogP contribution in [0.2, 0.25) is 0 Å². The van der Waals surface area contributed by atoms with Crippen molar-refractivity contribution in [2.75, 3.05) is 20.0 Å². The summed E-state index contributed by atoms with van der Waals surface area (Å²) in [6.07, 6.45) is 4.78. The number of hydrogen-bond acceptors (Lipinski definition) is 8. The van der Waals surface area contributed by atoms with Gasteiger partial charge in [0.15, 0.2) is 11.5 Å². The molecule has 2 N–H and O–H groups in total. The van der Waals surface area contributed by atoms with Crippen molar-refractivity contribution in [3.63, 3.8) is 0 Å². The Kier molecular flexibility index (Phi) is 6.05. The van der Waals surface area contributed by atoms with Gasteiger partial charge >= 0.3 is 0 Å². The molecular weight excluding hydrogens is 475 g/mol. The van der Waals surface area contributed by atoms with Crippen LogP contribution in [0.3, 0.4) is 0 Å². The predicted octanol–water partition coefficient (Wildman–Crippen LogP) is 3.55. The maximum atomic E-state index is 12.6. The number of nitrogens with two attached hydrogens (primary N) is 1. The van der Waals surface area contributed by atoms with Crippen molar-refractivity contribution in [1.29, 1.82) is 0 Å². The fourth-order valence-corrected chi connectivity index (χ4v) is 4.55. The van der Waals surface area contributed by atoms with E-state index in [9.17, 15) is 9.59 Å². The fourth-order valence-electron chi connectivity index (χ4n) is 3.12. The Hall–Kier alpha value is -3.14. The van der Waals surface area contributed by atoms with E-state index in [-0.39, 0.29) is 21.4 Å². The van der Waals surface area contributed by atoms with Crippen LogP contribution in [0, 0.1) is 0 Å². The molecule has 0 atom stereocenters. The number of allylic oxidation sites excluding steroid dienone is 5. The number of carbonyl (C=O) groups is 1. The van der Waals surface area contributed by atoms with Crippen LogP contribution in [0.25, 0.3) is 11.0 Å². The topological polar surface area (TPSA) is 109 Å². The van der Waals surface area contributed by atoms with Gasteiger partial charge in [-0.2, -0.15) is 14.6 Å². The number of Topliss-reactive ketones (excluding diaryl/α,β-unsaturated/α-hetero) is 1. The van der Waals surface area contributed by atoms with Crippen molar-refractivity contribution >= 4 is 57.2 Å². The highest BCUT2D eigenvalue weighted by Crippen LogP contribution is 2.30. The molecule has 164 valence electrons. The Morgan fingerprint density at radius 1 is 1.12 bits per heavy atom. The van der Waals surface area contributed by atoms with Gasteiger partial charge in [-0.15, -0.1) is 0 Å². The lowest BCUT2D eigenvalue weighted by molar-refractivity contribution is -0.111. The van der Waals surface area contributed by atoms with Crippen LogP contribution >= 0.6 is 34.5 Å². The molecular formula is C21H16Cl2N4O4S. The number of nitrogen functional groups attached to an aromatic ring is 1. The van der Waals surface area contributed by atoms with E-state index in [1.54, 1.807) is 14.2 Å². The molecule has 0 saturated heterocycles. The lowest BCUT2D eigenvalue weighted by atomic mass is 10.1. The van der Waals surface area contributed by atoms with Crippen molar-refractivity contribution in [2.24, 2.45) is 0 Å². The summed E-state index contributed by atoms with van der Waals surface area (Å²) in [6.45, 7) is 0. The maximum Gasteiger partial charge on any atom is 0.283 e. The van der Waals surface area contributed by atoms with Gasteiger partial charge in [-0.05, 0) is 41.5 Å². The molecule has 0 radical (unpaired) electrons. The Morgan fingerprint density at radius 2 is 1.81 bits per heavy atom. The summed E-state index contributed by atoms with van der Waals surface area (Å²) in [5.74, 6) is 0.870. The number of hydrogen-bond donors (Lipinski definition) is 1. The zero-order valence-electron chi connectivity index (χ0n) is 16.9. The number of carbonyl (C=O) groups excluding carboxylic acids is 1. The van der Waals surface area contributed by atoms with Crippen LogP contribution in [0.5, 0.6) is 11.5 Å². The predicted molar refractivity (Wildman–Crippen MR) is 125 cm³/mol. The van der Waals surface area contributed by atoms with Crippen molar-refractivity contribution < 1.29 is 14.3 Å². The molecule has 2 heterocycles. The normalized spacial score (nSPS) is 13.8. The molecule has 0 bridgehead atoms. The van der Waals surface area contributed by atoms with Gasteiger partial charge in [-0.1, -0.05) is 40.6 Å². The van der Waals surface area contributed by atoms with Gasteiger partial charge in [0.1, 0.15) is 10.8 Å². The van der Waals surface area contributed by atoms with Crippen molar-refractivity contribution in [3.8, 4) is 11.5 Å². The molecule has 1 aliphatic rings. The van der Waals surface area contributed by atoms with Crippen molar-refractivity contribution in [2.45, 2.75) is 6.42 Å². The zero-order valence-corrected chi connectivity index (χ0v) is 19.2. The summed E-state index contributed by atoms with van der Waals surface area (Å²) in [4.78, 5) is 28.8. The van der Waals surface area contributed by atoms with Crippen LogP contribution in [0.1, 0.15) is 16.1 Å². The van der Waals surface area contributed by atoms with Gasteiger partial charge in [-0.25, -0.2) is 0 Å². The molecule has 0 amide bonds. The highest BCUT2D eigenvalue weighted by molar-refractivity contribution is 7.16. The molecule has 0 saturated carbocycles. The number of fused-ring (bicyclic) bond motifs is 1. The first-order chi connectivity index (χ1) is 15.3. The second kappa shape index (κ2) is 8.78. The highest BCUT2D eigenvalue weighted by Gasteiger charge is 2.19. The van der Waals surface area contributed by atoms with E-state index in [1.807, 2.05) is 18.2 Å². The largest absolute Gasteiger partial charge is 0.493 e. The Bertz CT molecular complexity index is 1380. The summed E-state index contributed by atoms with van der Waals surface area (Å²) in [6, 6.07) is 5.57. The third-order valence-electron chi connectivity index (χ3n) is 4.67. The van der Waals surface area contributed by atoms with Gasteiger partial charge in [0.2, 0.25) is 10.7 Å². The number of anilines is 1. The average molecular weight is 491 g/mol. The summed E-state index contributed by atoms with van der Waals surface area (Å²) in [5, 5.41) is 5.11. The second-order valence-corrected chi connectivity index (χ2v) is 8.59. The van der Waals surface area contributed by atoms with Crippen LogP contribution in [-0.2, 0) is 11.2 Å². The van der Waals surface area contributed by atoms with Crippen molar-refractivity contribution in [3.05, 3.63) is 72.5 Å². The smallest absolute Gasteiger partial charge is 0.283 e. The monoisotopic (exact) mass is 490 g/mol. The lowest BCUT2D eigenvalue weighted by Crippen LogP contribution is -2.17. The summed E-state index contributed by atoms with van der Waals surface area (Å²) < 4.78 is 12.0. The molecule has 2 aromatic heterocycles. The molecule has 1 aliphatic carbocycles. The molecule has 0 unspecified atom stereocenters. The molecule has 0 aliphatic heterocycles. The lowest BCUT2D eigenvalue weighted by Gasteiger charge is -2.08. The van der Waals surface area contributed by atoms with E-state index in [2.05, 4.69) is 10.1 Å². The van der Waals surface area contributed by atoms with Gasteiger partial charge in [-0.3, -0.25) is 9.59 Å². The number of benzene rings is 1. The van der Waals surface area contributed by atoms with E-state index in [4.69, 9.17) is 38.4 Å². The summed E-state index contributed by atoms with van der Waals surface area (Å²) in [7, 11) is 3.14. The molecule has 1 aromatic carbocycles. The van der Waals surface area contributed by atoms with E-state index in [0.717, 1.165) is 5.56 Å². The first-order valence-electron chi connectivity index (χ1n) is 9.20. The minimum Gasteiger partial charge on any atom is -0.493 e. The van der Waals surface area contributed by atoms with Gasteiger partial charge in [0.25, 0.3) is 5.56 Å². The summed E-state index contributed by atoms with van der Waals surface area (Å²) >= 11 is 13.1. The number of ether oxygens (including phenoxy) is 2. The Balaban J connectivity index is 1.72. The first kappa shape index (κ1) is 22.1. The molecule has 32 heavy (non-hydrogen) atoms. The Labute approximate surface area is 196 Å². The van der Waals surface area contributed by atoms with Crippen LogP contribution < -0.4 is 20.8 Å². The minimum absolute atomic E-state index is 0.0534. The van der Waals surface area contributed by atoms with Crippen LogP contribution in [-0.4, -0.2) is 34.6 Å². The Morgan fingerprint density at radius 3 is 2.47 bits per heavy atom. The number of methoxy groups -OCH3 is 2. The number of halogens is 2. The number of ketones is 1. The van der Waals surface area contributed by atoms with Crippen LogP contribution in [0.15, 0.2) is 50.8 Å². The van der Waals surface area contributed by atoms with E-state index >= 15 is 0 Å². The minimum atomic E-state index is -0.526. The fraction of sp³-hybridized carbons (Fsp3) is 0.143. The molecule has 4 rings (SSSR count). The van der Waals surface area contributed by atoms with Crippen molar-refractivity contribution in [1.82, 2.24) is 14.6 Å². The van der Waals surface area contributed by atoms with E-state index < -0.39 is 11.3 Å². The second-order valence-electron chi connectivity index (χ2n) is 6.73. The maximum absolute atomic E-state index is 12.6. The van der Waals surface area contributed by atoms with Gasteiger partial charge in [0, 0.05) is 6.42 Å². The third kappa shape index (κ3) is 4.14. The quantitative estimate of drug-likeness (QED) is 0.582. The van der Waals surface area contributed by atoms with Gasteiger partial charge < -0.3 is 15.2 Å². The highest BCUT2D eigenvalue weighted by atomic mass is 35.5. The number of nitrogens with zero attached hydrogens (tertiary/aromatic N) is 3. The third-order valence-corrected chi connectivity index (χ3v) is 6.14. The summed E-state index contributed by atoms with van der Waals surface area (Å²) in [5.41, 5.74) is 7.22. The molecule has 3 aromatic rings. The zero-order chi connectivity index (χ0) is 23.0. The SMILES string of the molecule is COc1ccc(Cc2nn3c(N)c(C=C4C=C(Cl)C(=O)C(Cl)=C4)c(=O)nc3s2)cc1OC. The van der Waals surface area contributed by atoms with Crippen LogP contribution in [0.4, 0.5) is 5.82 Å². The molecule has 0 spiro atoms. The van der Waals surface area contributed by atoms with E-state index in [1.165, 1.54) is 34.1 Å². The van der Waals surface area contributed by atoms with Gasteiger partial charge in [0.05, 0.1) is 29.8 Å². The molecule has 8 nitrogen and oxygen atoms in total. The molecule has 11 heteroatoms. The molecule has 0 fully saturated rings.